The molecule has 0 atom stereocenters. The summed E-state index contributed by atoms with van der Waals surface area (Å²) in [6.07, 6.45) is 0. The Kier molecular flexibility index (Phi) is 3.49. The fourth-order valence-electron chi connectivity index (χ4n) is 1.37. The molecule has 1 heterocycles. The predicted molar refractivity (Wildman–Crippen MR) is 67.1 cm³/mol. The molecule has 0 fully saturated rings. The lowest BCUT2D eigenvalue weighted by Crippen LogP contribution is -1.99. The van der Waals surface area contributed by atoms with Gasteiger partial charge in [-0.1, -0.05) is 12.1 Å². The van der Waals surface area contributed by atoms with Gasteiger partial charge in [-0.2, -0.15) is 0 Å². The number of carbonyl (C=O) groups is 1. The molecule has 0 spiro atoms. The topological polar surface area (TPSA) is 62.5 Å². The predicted octanol–water partition coefficient (Wildman–Crippen LogP) is 3.35. The van der Waals surface area contributed by atoms with Crippen LogP contribution in [0.15, 0.2) is 45.3 Å². The van der Waals surface area contributed by atoms with Crippen LogP contribution in [-0.4, -0.2) is 11.1 Å². The van der Waals surface area contributed by atoms with E-state index in [2.05, 4.69) is 21.2 Å². The molecule has 1 aromatic carbocycles. The molecule has 0 saturated heterocycles. The monoisotopic (exact) mass is 295 g/mol. The van der Waals surface area contributed by atoms with Gasteiger partial charge in [-0.15, -0.1) is 0 Å². The van der Waals surface area contributed by atoms with E-state index in [4.69, 9.17) is 9.52 Å². The lowest BCUT2D eigenvalue weighted by atomic mass is 10.3. The zero-order valence-electron chi connectivity index (χ0n) is 8.81. The molecule has 2 N–H and O–H groups in total. The van der Waals surface area contributed by atoms with Gasteiger partial charge >= 0.3 is 5.97 Å². The van der Waals surface area contributed by atoms with Gasteiger partial charge in [0, 0.05) is 10.2 Å². The van der Waals surface area contributed by atoms with Gasteiger partial charge in [-0.3, -0.25) is 0 Å². The van der Waals surface area contributed by atoms with Gasteiger partial charge in [0.2, 0.25) is 5.76 Å². The summed E-state index contributed by atoms with van der Waals surface area (Å²) in [5, 5.41) is 11.9. The van der Waals surface area contributed by atoms with Gasteiger partial charge in [0.05, 0.1) is 6.54 Å². The summed E-state index contributed by atoms with van der Waals surface area (Å²) in [5.41, 5.74) is 0.931. The third-order valence-corrected chi connectivity index (χ3v) is 2.89. The van der Waals surface area contributed by atoms with Gasteiger partial charge in [-0.25, -0.2) is 4.79 Å². The standard InChI is InChI=1S/C12H10BrNO3/c13-9-3-1-2-4-10(9)14-7-8-5-6-11(17-8)12(15)16/h1-6,14H,7H2,(H,15,16). The van der Waals surface area contributed by atoms with Crippen molar-refractivity contribution >= 4 is 27.6 Å². The molecule has 0 aliphatic carbocycles. The molecule has 88 valence electrons. The van der Waals surface area contributed by atoms with E-state index in [-0.39, 0.29) is 5.76 Å². The van der Waals surface area contributed by atoms with E-state index in [0.29, 0.717) is 12.3 Å². The normalized spacial score (nSPS) is 10.2. The molecule has 0 bridgehead atoms. The summed E-state index contributed by atoms with van der Waals surface area (Å²) in [6.45, 7) is 0.440. The van der Waals surface area contributed by atoms with Crippen LogP contribution in [0.25, 0.3) is 0 Å². The molecule has 4 nitrogen and oxygen atoms in total. The van der Waals surface area contributed by atoms with E-state index in [1.54, 1.807) is 6.07 Å². The lowest BCUT2D eigenvalue weighted by Gasteiger charge is -2.05. The highest BCUT2D eigenvalue weighted by Gasteiger charge is 2.08. The molecular formula is C12H10BrNO3. The number of hydrogen-bond donors (Lipinski definition) is 2. The summed E-state index contributed by atoms with van der Waals surface area (Å²) >= 11 is 3.41. The van der Waals surface area contributed by atoms with Crippen LogP contribution in [0.5, 0.6) is 0 Å². The minimum atomic E-state index is -1.06. The van der Waals surface area contributed by atoms with Crippen LogP contribution in [-0.2, 0) is 6.54 Å². The fraction of sp³-hybridized carbons (Fsp3) is 0.0833. The zero-order chi connectivity index (χ0) is 12.3. The number of rotatable bonds is 4. The molecule has 0 unspecified atom stereocenters. The van der Waals surface area contributed by atoms with E-state index in [1.165, 1.54) is 6.07 Å². The number of carboxylic acid groups (broad SMARTS) is 1. The zero-order valence-corrected chi connectivity index (χ0v) is 10.4. The molecule has 1 aromatic heterocycles. The Morgan fingerprint density at radius 2 is 2.06 bits per heavy atom. The number of anilines is 1. The minimum Gasteiger partial charge on any atom is -0.475 e. The molecule has 0 aliphatic heterocycles. The number of hydrogen-bond acceptors (Lipinski definition) is 3. The van der Waals surface area contributed by atoms with E-state index in [1.807, 2.05) is 24.3 Å². The van der Waals surface area contributed by atoms with Gasteiger partial charge in [0.15, 0.2) is 0 Å². The van der Waals surface area contributed by atoms with Gasteiger partial charge < -0.3 is 14.8 Å². The second kappa shape index (κ2) is 5.05. The summed E-state index contributed by atoms with van der Waals surface area (Å²) < 4.78 is 6.08. The second-order valence-electron chi connectivity index (χ2n) is 3.40. The van der Waals surface area contributed by atoms with Gasteiger partial charge in [-0.05, 0) is 40.2 Å². The molecule has 0 amide bonds. The van der Waals surface area contributed by atoms with E-state index < -0.39 is 5.97 Å². The highest BCUT2D eigenvalue weighted by Crippen LogP contribution is 2.22. The average molecular weight is 296 g/mol. The maximum atomic E-state index is 10.6. The van der Waals surface area contributed by atoms with Crippen LogP contribution >= 0.6 is 15.9 Å². The fourth-order valence-corrected chi connectivity index (χ4v) is 1.80. The Hall–Kier alpha value is -1.75. The largest absolute Gasteiger partial charge is 0.475 e. The number of nitrogens with one attached hydrogen (secondary N) is 1. The molecular weight excluding hydrogens is 286 g/mol. The summed E-state index contributed by atoms with van der Waals surface area (Å²) in [6, 6.07) is 10.8. The molecule has 2 rings (SSSR count). The number of para-hydroxylation sites is 1. The molecule has 5 heteroatoms. The first-order chi connectivity index (χ1) is 8.16. The molecule has 2 aromatic rings. The van der Waals surface area contributed by atoms with Gasteiger partial charge in [0.25, 0.3) is 0 Å². The van der Waals surface area contributed by atoms with Crippen LogP contribution in [0, 0.1) is 0 Å². The molecule has 0 aliphatic rings. The molecule has 0 saturated carbocycles. The number of benzene rings is 1. The first kappa shape index (κ1) is 11.7. The van der Waals surface area contributed by atoms with Crippen molar-refractivity contribution in [3.8, 4) is 0 Å². The Morgan fingerprint density at radius 1 is 1.29 bits per heavy atom. The van der Waals surface area contributed by atoms with Crippen molar-refractivity contribution < 1.29 is 14.3 Å². The minimum absolute atomic E-state index is 0.0473. The van der Waals surface area contributed by atoms with Crippen molar-refractivity contribution in [2.75, 3.05) is 5.32 Å². The van der Waals surface area contributed by atoms with Crippen molar-refractivity contribution in [1.29, 1.82) is 0 Å². The maximum Gasteiger partial charge on any atom is 0.371 e. The molecule has 0 radical (unpaired) electrons. The Balaban J connectivity index is 2.02. The Labute approximate surface area is 106 Å². The smallest absolute Gasteiger partial charge is 0.371 e. The van der Waals surface area contributed by atoms with Crippen molar-refractivity contribution in [3.63, 3.8) is 0 Å². The van der Waals surface area contributed by atoms with E-state index in [9.17, 15) is 4.79 Å². The third kappa shape index (κ3) is 2.88. The summed E-state index contributed by atoms with van der Waals surface area (Å²) in [5.74, 6) is -0.524. The number of furan rings is 1. The first-order valence-electron chi connectivity index (χ1n) is 4.97. The Morgan fingerprint density at radius 3 is 2.71 bits per heavy atom. The second-order valence-corrected chi connectivity index (χ2v) is 4.26. The Bertz CT molecular complexity index is 536. The summed E-state index contributed by atoms with van der Waals surface area (Å²) in [7, 11) is 0. The van der Waals surface area contributed by atoms with Crippen molar-refractivity contribution in [2.45, 2.75) is 6.54 Å². The third-order valence-electron chi connectivity index (χ3n) is 2.20. The average Bonchev–Trinajstić information content (AvgIpc) is 2.77. The lowest BCUT2D eigenvalue weighted by molar-refractivity contribution is 0.0660. The highest BCUT2D eigenvalue weighted by atomic mass is 79.9. The maximum absolute atomic E-state index is 10.6. The quantitative estimate of drug-likeness (QED) is 0.908. The van der Waals surface area contributed by atoms with Crippen LogP contribution in [0.4, 0.5) is 5.69 Å². The number of carboxylic acids is 1. The number of halogens is 1. The van der Waals surface area contributed by atoms with E-state index >= 15 is 0 Å². The van der Waals surface area contributed by atoms with Crippen LogP contribution in [0.3, 0.4) is 0 Å². The SMILES string of the molecule is O=C(O)c1ccc(CNc2ccccc2Br)o1. The summed E-state index contributed by atoms with van der Waals surface area (Å²) in [4.78, 5) is 10.6. The van der Waals surface area contributed by atoms with Crippen molar-refractivity contribution in [3.05, 3.63) is 52.4 Å². The van der Waals surface area contributed by atoms with E-state index in [0.717, 1.165) is 10.2 Å². The highest BCUT2D eigenvalue weighted by molar-refractivity contribution is 9.10. The van der Waals surface area contributed by atoms with Crippen molar-refractivity contribution in [1.82, 2.24) is 0 Å². The first-order valence-corrected chi connectivity index (χ1v) is 5.76. The van der Waals surface area contributed by atoms with Crippen molar-refractivity contribution in [2.24, 2.45) is 0 Å². The molecule has 17 heavy (non-hydrogen) atoms. The number of aromatic carboxylic acids is 1. The van der Waals surface area contributed by atoms with Gasteiger partial charge in [0.1, 0.15) is 5.76 Å². The van der Waals surface area contributed by atoms with Crippen LogP contribution in [0.1, 0.15) is 16.3 Å². The van der Waals surface area contributed by atoms with Crippen LogP contribution in [0.2, 0.25) is 0 Å². The van der Waals surface area contributed by atoms with Crippen LogP contribution < -0.4 is 5.32 Å².